The molecule has 0 saturated heterocycles. The molecule has 0 radical (unpaired) electrons. The molecular formula is C16H9Cl2FN2O2. The molecule has 3 aromatic rings. The highest BCUT2D eigenvalue weighted by molar-refractivity contribution is 6.42. The van der Waals surface area contributed by atoms with Gasteiger partial charge >= 0.3 is 0 Å². The summed E-state index contributed by atoms with van der Waals surface area (Å²) >= 11 is 11.8. The number of carbonyl (C=O) groups excluding carboxylic acids is 1. The lowest BCUT2D eigenvalue weighted by molar-refractivity contribution is 0.102. The summed E-state index contributed by atoms with van der Waals surface area (Å²) in [5.41, 5.74) is 1.14. The number of nitrogens with zero attached hydrogens (tertiary/aromatic N) is 1. The minimum absolute atomic E-state index is 0.0930. The van der Waals surface area contributed by atoms with Gasteiger partial charge in [-0.05, 0) is 42.5 Å². The molecule has 2 aromatic carbocycles. The molecule has 1 heterocycles. The number of amides is 1. The summed E-state index contributed by atoms with van der Waals surface area (Å²) in [6, 6.07) is 10.3. The molecule has 0 fully saturated rings. The molecule has 0 aliphatic rings. The Morgan fingerprint density at radius 2 is 1.83 bits per heavy atom. The normalized spacial score (nSPS) is 10.6. The number of hydrogen-bond acceptors (Lipinski definition) is 3. The summed E-state index contributed by atoms with van der Waals surface area (Å²) in [5.74, 6) is -0.606. The maximum Gasteiger partial charge on any atom is 0.277 e. The van der Waals surface area contributed by atoms with Gasteiger partial charge in [0.1, 0.15) is 12.1 Å². The maximum atomic E-state index is 12.8. The van der Waals surface area contributed by atoms with Gasteiger partial charge in [0, 0.05) is 11.3 Å². The number of aromatic nitrogens is 1. The molecule has 0 spiro atoms. The van der Waals surface area contributed by atoms with E-state index in [0.717, 1.165) is 0 Å². The third kappa shape index (κ3) is 3.52. The minimum Gasteiger partial charge on any atom is -0.444 e. The van der Waals surface area contributed by atoms with Crippen LogP contribution >= 0.6 is 23.2 Å². The highest BCUT2D eigenvalue weighted by Gasteiger charge is 2.14. The lowest BCUT2D eigenvalue weighted by Gasteiger charge is -2.02. The van der Waals surface area contributed by atoms with Crippen molar-refractivity contribution in [2.45, 2.75) is 0 Å². The summed E-state index contributed by atoms with van der Waals surface area (Å²) in [6.45, 7) is 0. The van der Waals surface area contributed by atoms with Crippen LogP contribution in [0.1, 0.15) is 10.5 Å². The van der Waals surface area contributed by atoms with Gasteiger partial charge in [-0.15, -0.1) is 0 Å². The van der Waals surface area contributed by atoms with Crippen LogP contribution in [0.15, 0.2) is 53.1 Å². The molecule has 4 nitrogen and oxygen atoms in total. The Balaban J connectivity index is 1.79. The van der Waals surface area contributed by atoms with E-state index < -0.39 is 5.91 Å². The summed E-state index contributed by atoms with van der Waals surface area (Å²) < 4.78 is 18.1. The van der Waals surface area contributed by atoms with Gasteiger partial charge in [-0.25, -0.2) is 9.37 Å². The van der Waals surface area contributed by atoms with Crippen LogP contribution in [-0.4, -0.2) is 10.9 Å². The molecule has 0 aliphatic carbocycles. The van der Waals surface area contributed by atoms with E-state index in [1.54, 1.807) is 18.2 Å². The third-order valence-corrected chi connectivity index (χ3v) is 3.74. The van der Waals surface area contributed by atoms with E-state index in [9.17, 15) is 9.18 Å². The van der Waals surface area contributed by atoms with Gasteiger partial charge in [-0.1, -0.05) is 23.2 Å². The highest BCUT2D eigenvalue weighted by Crippen LogP contribution is 2.28. The van der Waals surface area contributed by atoms with Gasteiger partial charge in [0.2, 0.25) is 5.89 Å². The lowest BCUT2D eigenvalue weighted by Crippen LogP contribution is -2.12. The minimum atomic E-state index is -0.466. The smallest absolute Gasteiger partial charge is 0.277 e. The van der Waals surface area contributed by atoms with Gasteiger partial charge in [0.15, 0.2) is 5.69 Å². The van der Waals surface area contributed by atoms with Gasteiger partial charge < -0.3 is 9.73 Å². The van der Waals surface area contributed by atoms with Crippen molar-refractivity contribution in [3.8, 4) is 11.5 Å². The molecule has 0 bridgehead atoms. The second kappa shape index (κ2) is 6.40. The van der Waals surface area contributed by atoms with Crippen LogP contribution in [0.3, 0.4) is 0 Å². The van der Waals surface area contributed by atoms with Crippen molar-refractivity contribution < 1.29 is 13.6 Å². The Hall–Kier alpha value is -2.37. The van der Waals surface area contributed by atoms with Gasteiger partial charge in [0.25, 0.3) is 5.91 Å². The molecule has 0 unspecified atom stereocenters. The topological polar surface area (TPSA) is 55.1 Å². The fourth-order valence-electron chi connectivity index (χ4n) is 1.87. The average Bonchev–Trinajstić information content (AvgIpc) is 3.02. The first-order valence-electron chi connectivity index (χ1n) is 6.51. The molecule has 0 aliphatic heterocycles. The molecule has 116 valence electrons. The van der Waals surface area contributed by atoms with Crippen molar-refractivity contribution in [3.63, 3.8) is 0 Å². The molecule has 1 aromatic heterocycles. The summed E-state index contributed by atoms with van der Waals surface area (Å²) in [7, 11) is 0. The summed E-state index contributed by atoms with van der Waals surface area (Å²) in [5, 5.41) is 3.37. The number of halogens is 3. The SMILES string of the molecule is O=C(Nc1ccc(F)cc1)c1coc(-c2ccc(Cl)c(Cl)c2)n1. The van der Waals surface area contributed by atoms with Crippen LogP contribution in [0.25, 0.3) is 11.5 Å². The highest BCUT2D eigenvalue weighted by atomic mass is 35.5. The quantitative estimate of drug-likeness (QED) is 0.719. The zero-order valence-electron chi connectivity index (χ0n) is 11.5. The van der Waals surface area contributed by atoms with Crippen LogP contribution in [-0.2, 0) is 0 Å². The first-order valence-corrected chi connectivity index (χ1v) is 7.26. The van der Waals surface area contributed by atoms with Gasteiger partial charge in [-0.2, -0.15) is 0 Å². The van der Waals surface area contributed by atoms with Crippen LogP contribution in [0.4, 0.5) is 10.1 Å². The van der Waals surface area contributed by atoms with Crippen LogP contribution in [0.2, 0.25) is 10.0 Å². The van der Waals surface area contributed by atoms with Crippen LogP contribution < -0.4 is 5.32 Å². The first-order chi connectivity index (χ1) is 11.0. The van der Waals surface area contributed by atoms with Crippen LogP contribution in [0, 0.1) is 5.82 Å². The van der Waals surface area contributed by atoms with E-state index in [2.05, 4.69) is 10.3 Å². The van der Waals surface area contributed by atoms with E-state index in [1.807, 2.05) is 0 Å². The van der Waals surface area contributed by atoms with Crippen molar-refractivity contribution >= 4 is 34.8 Å². The van der Waals surface area contributed by atoms with Crippen molar-refractivity contribution in [2.75, 3.05) is 5.32 Å². The van der Waals surface area contributed by atoms with E-state index in [1.165, 1.54) is 30.5 Å². The van der Waals surface area contributed by atoms with Crippen molar-refractivity contribution in [2.24, 2.45) is 0 Å². The van der Waals surface area contributed by atoms with Crippen molar-refractivity contribution in [3.05, 3.63) is 70.3 Å². The molecule has 0 atom stereocenters. The Kier molecular flexibility index (Phi) is 4.32. The predicted octanol–water partition coefficient (Wildman–Crippen LogP) is 5.04. The maximum absolute atomic E-state index is 12.8. The predicted molar refractivity (Wildman–Crippen MR) is 86.3 cm³/mol. The monoisotopic (exact) mass is 350 g/mol. The summed E-state index contributed by atoms with van der Waals surface area (Å²) in [4.78, 5) is 16.2. The molecule has 1 N–H and O–H groups in total. The molecule has 3 rings (SSSR count). The average molecular weight is 351 g/mol. The summed E-state index contributed by atoms with van der Waals surface area (Å²) in [6.07, 6.45) is 1.23. The standard InChI is InChI=1S/C16H9Cl2FN2O2/c17-12-6-1-9(7-13(12)18)16-21-14(8-23-16)15(22)20-11-4-2-10(19)3-5-11/h1-8H,(H,20,22). The van der Waals surface area contributed by atoms with Gasteiger partial charge in [0.05, 0.1) is 10.0 Å². The Morgan fingerprint density at radius 3 is 2.52 bits per heavy atom. The zero-order valence-corrected chi connectivity index (χ0v) is 13.0. The van der Waals surface area contributed by atoms with E-state index in [4.69, 9.17) is 27.6 Å². The van der Waals surface area contributed by atoms with Gasteiger partial charge in [-0.3, -0.25) is 4.79 Å². The van der Waals surface area contributed by atoms with Crippen molar-refractivity contribution in [1.82, 2.24) is 4.98 Å². The first kappa shape index (κ1) is 15.5. The number of benzene rings is 2. The molecule has 0 saturated carbocycles. The van der Waals surface area contributed by atoms with E-state index >= 15 is 0 Å². The second-order valence-electron chi connectivity index (χ2n) is 4.63. The number of carbonyl (C=O) groups is 1. The van der Waals surface area contributed by atoms with Crippen LogP contribution in [0.5, 0.6) is 0 Å². The third-order valence-electron chi connectivity index (χ3n) is 3.01. The van der Waals surface area contributed by atoms with E-state index in [0.29, 0.717) is 21.3 Å². The molecular weight excluding hydrogens is 342 g/mol. The number of anilines is 1. The second-order valence-corrected chi connectivity index (χ2v) is 5.44. The lowest BCUT2D eigenvalue weighted by atomic mass is 10.2. The Bertz CT molecular complexity index is 863. The Labute approximate surface area is 140 Å². The Morgan fingerprint density at radius 1 is 1.09 bits per heavy atom. The number of hydrogen-bond donors (Lipinski definition) is 1. The number of oxazole rings is 1. The molecule has 1 amide bonds. The fourth-order valence-corrected chi connectivity index (χ4v) is 2.17. The number of rotatable bonds is 3. The fraction of sp³-hybridized carbons (Fsp3) is 0. The number of nitrogens with one attached hydrogen (secondary N) is 1. The molecule has 7 heteroatoms. The van der Waals surface area contributed by atoms with Crippen molar-refractivity contribution in [1.29, 1.82) is 0 Å². The zero-order chi connectivity index (χ0) is 16.4. The largest absolute Gasteiger partial charge is 0.444 e. The van der Waals surface area contributed by atoms with E-state index in [-0.39, 0.29) is 17.4 Å². The molecule has 23 heavy (non-hydrogen) atoms.